The summed E-state index contributed by atoms with van der Waals surface area (Å²) in [4.78, 5) is 23.9. The molecule has 3 heteroatoms. The number of carbonyl (C=O) groups excluding carboxylic acids is 2. The molecule has 3 saturated carbocycles. The molecule has 3 fully saturated rings. The summed E-state index contributed by atoms with van der Waals surface area (Å²) in [6, 6.07) is 0. The zero-order valence-corrected chi connectivity index (χ0v) is 14.9. The maximum atomic E-state index is 16.5. The molecule has 1 unspecified atom stereocenters. The summed E-state index contributed by atoms with van der Waals surface area (Å²) in [5, 5.41) is 0. The zero-order valence-electron chi connectivity index (χ0n) is 14.9. The van der Waals surface area contributed by atoms with E-state index in [9.17, 15) is 9.59 Å². The predicted molar refractivity (Wildman–Crippen MR) is 91.1 cm³/mol. The van der Waals surface area contributed by atoms with E-state index in [2.05, 4.69) is 6.92 Å². The third-order valence-corrected chi connectivity index (χ3v) is 8.15. The Hall–Kier alpha value is -1.25. The van der Waals surface area contributed by atoms with Crippen molar-refractivity contribution in [2.75, 3.05) is 0 Å². The molecule has 6 atom stereocenters. The van der Waals surface area contributed by atoms with E-state index in [0.29, 0.717) is 6.42 Å². The maximum Gasteiger partial charge on any atom is 0.178 e. The van der Waals surface area contributed by atoms with Gasteiger partial charge in [0, 0.05) is 11.3 Å². The van der Waals surface area contributed by atoms with E-state index in [0.717, 1.165) is 37.7 Å². The first-order chi connectivity index (χ1) is 11.2. The Bertz CT molecular complexity index is 677. The third-order valence-electron chi connectivity index (χ3n) is 8.15. The average Bonchev–Trinajstić information content (AvgIpc) is 2.87. The molecular weight excluding hydrogens is 303 g/mol. The van der Waals surface area contributed by atoms with Crippen molar-refractivity contribution in [3.8, 4) is 0 Å². The van der Waals surface area contributed by atoms with E-state index in [1.54, 1.807) is 19.1 Å². The van der Waals surface area contributed by atoms with Crippen LogP contribution in [0.5, 0.6) is 0 Å². The number of Topliss-reactive ketones (excluding diaryl/α,β-unsaturated/α-hetero) is 1. The van der Waals surface area contributed by atoms with Crippen molar-refractivity contribution >= 4 is 11.6 Å². The first kappa shape index (κ1) is 16.2. The molecule has 0 aliphatic heterocycles. The van der Waals surface area contributed by atoms with Crippen LogP contribution in [0.4, 0.5) is 4.39 Å². The minimum absolute atomic E-state index is 0.000557. The van der Waals surface area contributed by atoms with Crippen molar-refractivity contribution < 1.29 is 14.0 Å². The molecule has 0 aromatic rings. The van der Waals surface area contributed by atoms with E-state index in [1.165, 1.54) is 0 Å². The fraction of sp³-hybridized carbons (Fsp3) is 0.714. The number of fused-ring (bicyclic) bond motifs is 5. The Morgan fingerprint density at radius 2 is 1.92 bits per heavy atom. The van der Waals surface area contributed by atoms with Crippen LogP contribution in [0, 0.1) is 28.6 Å². The number of ketones is 2. The number of hydrogen-bond acceptors (Lipinski definition) is 2. The second kappa shape index (κ2) is 4.89. The van der Waals surface area contributed by atoms with Gasteiger partial charge in [-0.25, -0.2) is 4.39 Å². The van der Waals surface area contributed by atoms with Gasteiger partial charge in [-0.15, -0.1) is 0 Å². The lowest BCUT2D eigenvalue weighted by atomic mass is 9.46. The first-order valence-electron chi connectivity index (χ1n) is 9.36. The SMILES string of the molecule is CC(=O)[C@H]1CC[C@H]2[C@@H]3CCC4=CC(=O)C=C[C@]4(C)C3(F)CC[C@]12C. The van der Waals surface area contributed by atoms with Crippen LogP contribution >= 0.6 is 0 Å². The van der Waals surface area contributed by atoms with Gasteiger partial charge in [0.05, 0.1) is 0 Å². The number of halogens is 1. The van der Waals surface area contributed by atoms with E-state index >= 15 is 4.39 Å². The van der Waals surface area contributed by atoms with Gasteiger partial charge < -0.3 is 0 Å². The molecule has 0 heterocycles. The van der Waals surface area contributed by atoms with Crippen LogP contribution in [0.2, 0.25) is 0 Å². The van der Waals surface area contributed by atoms with E-state index in [-0.39, 0.29) is 34.7 Å². The Balaban J connectivity index is 1.75. The highest BCUT2D eigenvalue weighted by Gasteiger charge is 2.66. The van der Waals surface area contributed by atoms with E-state index in [4.69, 9.17) is 0 Å². The summed E-state index contributed by atoms with van der Waals surface area (Å²) in [5.41, 5.74) is -1.01. The minimum Gasteiger partial charge on any atom is -0.300 e. The highest BCUT2D eigenvalue weighted by molar-refractivity contribution is 6.01. The quantitative estimate of drug-likeness (QED) is 0.704. The lowest BCUT2D eigenvalue weighted by Gasteiger charge is -2.60. The van der Waals surface area contributed by atoms with Gasteiger partial charge in [0.1, 0.15) is 11.5 Å². The van der Waals surface area contributed by atoms with Crippen LogP contribution in [0.15, 0.2) is 23.8 Å². The normalized spacial score (nSPS) is 49.9. The summed E-state index contributed by atoms with van der Waals surface area (Å²) in [5.74, 6) is 0.648. The molecule has 0 N–H and O–H groups in total. The van der Waals surface area contributed by atoms with Gasteiger partial charge in [-0.05, 0) is 81.8 Å². The second-order valence-electron chi connectivity index (χ2n) is 8.97. The second-order valence-corrected chi connectivity index (χ2v) is 8.97. The largest absolute Gasteiger partial charge is 0.300 e. The van der Waals surface area contributed by atoms with E-state index in [1.807, 2.05) is 13.0 Å². The molecule has 0 aromatic carbocycles. The van der Waals surface area contributed by atoms with Crippen molar-refractivity contribution in [1.82, 2.24) is 0 Å². The molecule has 0 radical (unpaired) electrons. The molecule has 2 nitrogen and oxygen atoms in total. The maximum absolute atomic E-state index is 16.5. The van der Waals surface area contributed by atoms with E-state index < -0.39 is 11.1 Å². The molecule has 0 aromatic heterocycles. The van der Waals surface area contributed by atoms with Crippen molar-refractivity contribution in [3.05, 3.63) is 23.8 Å². The molecule has 0 amide bonds. The van der Waals surface area contributed by atoms with Crippen molar-refractivity contribution in [1.29, 1.82) is 0 Å². The first-order valence-corrected chi connectivity index (χ1v) is 9.36. The topological polar surface area (TPSA) is 34.1 Å². The molecule has 0 bridgehead atoms. The van der Waals surface area contributed by atoms with Crippen molar-refractivity contribution in [3.63, 3.8) is 0 Å². The number of rotatable bonds is 1. The van der Waals surface area contributed by atoms with Crippen LogP contribution < -0.4 is 0 Å². The zero-order chi connectivity index (χ0) is 17.3. The minimum atomic E-state index is -1.29. The fourth-order valence-electron chi connectivity index (χ4n) is 6.76. The summed E-state index contributed by atoms with van der Waals surface area (Å²) >= 11 is 0. The van der Waals surface area contributed by atoms with Gasteiger partial charge in [0.25, 0.3) is 0 Å². The van der Waals surface area contributed by atoms with Crippen LogP contribution in [0.25, 0.3) is 0 Å². The molecule has 0 saturated heterocycles. The summed E-state index contributed by atoms with van der Waals surface area (Å²) in [7, 11) is 0. The fourth-order valence-corrected chi connectivity index (χ4v) is 6.76. The van der Waals surface area contributed by atoms with Crippen molar-refractivity contribution in [2.45, 2.75) is 65.0 Å². The van der Waals surface area contributed by atoms with Crippen LogP contribution in [-0.2, 0) is 9.59 Å². The number of allylic oxidation sites excluding steroid dienone is 4. The highest BCUT2D eigenvalue weighted by atomic mass is 19.1. The van der Waals surface area contributed by atoms with Crippen LogP contribution in [0.3, 0.4) is 0 Å². The lowest BCUT2D eigenvalue weighted by molar-refractivity contribution is -0.140. The summed E-state index contributed by atoms with van der Waals surface area (Å²) in [6.45, 7) is 5.91. The summed E-state index contributed by atoms with van der Waals surface area (Å²) < 4.78 is 16.5. The van der Waals surface area contributed by atoms with Crippen molar-refractivity contribution in [2.24, 2.45) is 28.6 Å². The number of hydrogen-bond donors (Lipinski definition) is 0. The number of alkyl halides is 1. The molecule has 0 spiro atoms. The Labute approximate surface area is 143 Å². The Kier molecular flexibility index (Phi) is 3.31. The number of carbonyl (C=O) groups is 2. The smallest absolute Gasteiger partial charge is 0.178 e. The molecule has 24 heavy (non-hydrogen) atoms. The Morgan fingerprint density at radius 3 is 2.62 bits per heavy atom. The molecule has 4 rings (SSSR count). The van der Waals surface area contributed by atoms with Gasteiger partial charge in [0.2, 0.25) is 0 Å². The Morgan fingerprint density at radius 1 is 1.17 bits per heavy atom. The van der Waals surface area contributed by atoms with Gasteiger partial charge in [-0.3, -0.25) is 9.59 Å². The van der Waals surface area contributed by atoms with Gasteiger partial charge in [0.15, 0.2) is 5.78 Å². The van der Waals surface area contributed by atoms with Crippen LogP contribution in [0.1, 0.15) is 59.3 Å². The molecular formula is C21H27FO2. The van der Waals surface area contributed by atoms with Gasteiger partial charge >= 0.3 is 0 Å². The predicted octanol–water partition coefficient (Wildman–Crippen LogP) is 4.59. The monoisotopic (exact) mass is 330 g/mol. The standard InChI is InChI=1S/C21H27FO2/c1-13(23)16-6-7-17-18-5-4-14-12-15(24)8-9-20(14,3)21(18,22)11-10-19(16,17)2/h8-9,12,16-18H,4-7,10-11H2,1-3H3/t16-,17+,18+,19-,20+,21?/m1/s1. The lowest BCUT2D eigenvalue weighted by Crippen LogP contribution is -2.60. The van der Waals surface area contributed by atoms with Gasteiger partial charge in [-0.2, -0.15) is 0 Å². The third kappa shape index (κ3) is 1.82. The summed E-state index contributed by atoms with van der Waals surface area (Å²) in [6.07, 6.45) is 9.82. The molecule has 4 aliphatic carbocycles. The average molecular weight is 330 g/mol. The highest BCUT2D eigenvalue weighted by Crippen LogP contribution is 2.68. The molecule has 4 aliphatic rings. The van der Waals surface area contributed by atoms with Gasteiger partial charge in [-0.1, -0.05) is 18.6 Å². The molecule has 130 valence electrons. The van der Waals surface area contributed by atoms with Crippen LogP contribution in [-0.4, -0.2) is 17.2 Å².